The molecule has 0 fully saturated rings. The monoisotopic (exact) mass is 302 g/mol. The van der Waals surface area contributed by atoms with E-state index in [9.17, 15) is 22.8 Å². The molecule has 8 heteroatoms. The Hall–Kier alpha value is -2.51. The van der Waals surface area contributed by atoms with Gasteiger partial charge in [0.1, 0.15) is 16.9 Å². The third-order valence-electron chi connectivity index (χ3n) is 2.53. The number of rotatable bonds is 3. The first kappa shape index (κ1) is 14.9. The van der Waals surface area contributed by atoms with Crippen LogP contribution in [0.5, 0.6) is 5.75 Å². The van der Waals surface area contributed by atoms with Gasteiger partial charge in [-0.1, -0.05) is 0 Å². The van der Waals surface area contributed by atoms with Crippen LogP contribution in [0.2, 0.25) is 0 Å². The lowest BCUT2D eigenvalue weighted by Crippen LogP contribution is -2.23. The summed E-state index contributed by atoms with van der Waals surface area (Å²) in [5.74, 6) is -0.961. The van der Waals surface area contributed by atoms with Gasteiger partial charge >= 0.3 is 17.8 Å². The minimum atomic E-state index is -4.67. The Morgan fingerprint density at radius 3 is 2.62 bits per heavy atom. The molecular weight excluding hydrogens is 293 g/mol. The number of carbonyl (C=O) groups excluding carboxylic acids is 1. The zero-order valence-electron chi connectivity index (χ0n) is 10.7. The van der Waals surface area contributed by atoms with Crippen molar-refractivity contribution in [2.75, 3.05) is 13.7 Å². The number of hydrogen-bond acceptors (Lipinski definition) is 5. The molecule has 5 nitrogen and oxygen atoms in total. The molecule has 0 aliphatic carbocycles. The molecule has 1 heterocycles. The largest absolute Gasteiger partial charge is 0.497 e. The zero-order valence-corrected chi connectivity index (χ0v) is 10.7. The van der Waals surface area contributed by atoms with Gasteiger partial charge < -0.3 is 13.9 Å². The Balaban J connectivity index is 2.35. The van der Waals surface area contributed by atoms with Crippen LogP contribution in [0.25, 0.3) is 11.0 Å². The summed E-state index contributed by atoms with van der Waals surface area (Å²) in [5, 5.41) is 0.356. The van der Waals surface area contributed by atoms with Gasteiger partial charge in [-0.2, -0.15) is 13.2 Å². The van der Waals surface area contributed by atoms with E-state index in [1.54, 1.807) is 6.07 Å². The summed E-state index contributed by atoms with van der Waals surface area (Å²) in [6, 6.07) is 5.58. The third kappa shape index (κ3) is 3.53. The predicted molar refractivity (Wildman–Crippen MR) is 65.4 cm³/mol. The number of ether oxygens (including phenoxy) is 2. The maximum absolute atomic E-state index is 12.0. The molecule has 0 saturated heterocycles. The van der Waals surface area contributed by atoms with Gasteiger partial charge in [0.2, 0.25) is 0 Å². The van der Waals surface area contributed by atoms with Crippen LogP contribution in [0.4, 0.5) is 13.2 Å². The Morgan fingerprint density at radius 2 is 2.00 bits per heavy atom. The summed E-state index contributed by atoms with van der Waals surface area (Å²) in [7, 11) is 1.42. The average molecular weight is 302 g/mol. The van der Waals surface area contributed by atoms with Crippen LogP contribution >= 0.6 is 0 Å². The Bertz CT molecular complexity index is 733. The maximum atomic E-state index is 12.0. The number of methoxy groups -OCH3 is 1. The van der Waals surface area contributed by atoms with Crippen LogP contribution in [0.15, 0.2) is 33.5 Å². The zero-order chi connectivity index (χ0) is 15.6. The Kier molecular flexibility index (Phi) is 3.88. The van der Waals surface area contributed by atoms with Crippen molar-refractivity contribution >= 4 is 16.9 Å². The third-order valence-corrected chi connectivity index (χ3v) is 2.53. The molecule has 112 valence electrons. The first-order valence-electron chi connectivity index (χ1n) is 5.66. The molecular formula is C13H9F3O5. The average Bonchev–Trinajstić information content (AvgIpc) is 2.42. The van der Waals surface area contributed by atoms with Gasteiger partial charge in [-0.15, -0.1) is 0 Å². The standard InChI is InChI=1S/C13H9F3O5/c1-19-8-3-2-7-4-9(12(18)21-10(7)5-8)11(17)20-6-13(14,15)16/h2-5H,6H2,1H3. The SMILES string of the molecule is COc1ccc2cc(C(=O)OCC(F)(F)F)c(=O)oc2c1. The number of alkyl halides is 3. The quantitative estimate of drug-likeness (QED) is 0.644. The van der Waals surface area contributed by atoms with Crippen LogP contribution < -0.4 is 10.4 Å². The summed E-state index contributed by atoms with van der Waals surface area (Å²) in [6.07, 6.45) is -4.67. The minimum Gasteiger partial charge on any atom is -0.497 e. The van der Waals surface area contributed by atoms with Gasteiger partial charge in [0.15, 0.2) is 6.61 Å². The van der Waals surface area contributed by atoms with Crippen molar-refractivity contribution in [1.82, 2.24) is 0 Å². The number of halogens is 3. The number of esters is 1. The molecule has 21 heavy (non-hydrogen) atoms. The smallest absolute Gasteiger partial charge is 0.422 e. The molecule has 0 aliphatic heterocycles. The highest BCUT2D eigenvalue weighted by molar-refractivity contribution is 5.93. The molecule has 0 atom stereocenters. The molecule has 0 unspecified atom stereocenters. The lowest BCUT2D eigenvalue weighted by molar-refractivity contribution is -0.161. The van der Waals surface area contributed by atoms with Gasteiger partial charge in [0, 0.05) is 11.5 Å². The Morgan fingerprint density at radius 1 is 1.29 bits per heavy atom. The second kappa shape index (κ2) is 5.47. The fourth-order valence-electron chi connectivity index (χ4n) is 1.59. The normalized spacial score (nSPS) is 11.4. The van der Waals surface area contributed by atoms with E-state index in [1.807, 2.05) is 0 Å². The molecule has 0 bridgehead atoms. The van der Waals surface area contributed by atoms with E-state index in [2.05, 4.69) is 4.74 Å². The van der Waals surface area contributed by atoms with Gasteiger partial charge in [0.05, 0.1) is 7.11 Å². The van der Waals surface area contributed by atoms with E-state index in [1.165, 1.54) is 19.2 Å². The summed E-state index contributed by atoms with van der Waals surface area (Å²) in [6.45, 7) is -1.77. The van der Waals surface area contributed by atoms with E-state index in [-0.39, 0.29) is 5.58 Å². The number of benzene rings is 1. The molecule has 1 aromatic carbocycles. The predicted octanol–water partition coefficient (Wildman–Crippen LogP) is 2.52. The van der Waals surface area contributed by atoms with Crippen molar-refractivity contribution < 1.29 is 31.9 Å². The van der Waals surface area contributed by atoms with Crippen molar-refractivity contribution in [3.63, 3.8) is 0 Å². The van der Waals surface area contributed by atoms with E-state index < -0.39 is 29.9 Å². The summed E-state index contributed by atoms with van der Waals surface area (Å²) >= 11 is 0. The highest BCUT2D eigenvalue weighted by Gasteiger charge is 2.30. The summed E-state index contributed by atoms with van der Waals surface area (Å²) < 4.78 is 49.8. The first-order chi connectivity index (χ1) is 9.80. The van der Waals surface area contributed by atoms with Crippen molar-refractivity contribution in [2.24, 2.45) is 0 Å². The minimum absolute atomic E-state index is 0.145. The van der Waals surface area contributed by atoms with Crippen LogP contribution in [-0.2, 0) is 4.74 Å². The van der Waals surface area contributed by atoms with Gasteiger partial charge in [0.25, 0.3) is 0 Å². The van der Waals surface area contributed by atoms with Crippen molar-refractivity contribution in [3.8, 4) is 5.75 Å². The highest BCUT2D eigenvalue weighted by atomic mass is 19.4. The lowest BCUT2D eigenvalue weighted by atomic mass is 10.2. The first-order valence-corrected chi connectivity index (χ1v) is 5.66. The van der Waals surface area contributed by atoms with Crippen LogP contribution in [-0.4, -0.2) is 25.9 Å². The highest BCUT2D eigenvalue weighted by Crippen LogP contribution is 2.21. The van der Waals surface area contributed by atoms with Crippen LogP contribution in [0, 0.1) is 0 Å². The molecule has 0 aliphatic rings. The van der Waals surface area contributed by atoms with Crippen molar-refractivity contribution in [2.45, 2.75) is 6.18 Å². The van der Waals surface area contributed by atoms with Crippen molar-refractivity contribution in [3.05, 3.63) is 40.2 Å². The molecule has 0 radical (unpaired) electrons. The van der Waals surface area contributed by atoms with E-state index >= 15 is 0 Å². The fourth-order valence-corrected chi connectivity index (χ4v) is 1.59. The second-order valence-electron chi connectivity index (χ2n) is 4.04. The molecule has 0 N–H and O–H groups in total. The summed E-state index contributed by atoms with van der Waals surface area (Å²) in [5.41, 5.74) is -1.54. The number of hydrogen-bond donors (Lipinski definition) is 0. The fraction of sp³-hybridized carbons (Fsp3) is 0.231. The van der Waals surface area contributed by atoms with Gasteiger partial charge in [-0.3, -0.25) is 0 Å². The van der Waals surface area contributed by atoms with E-state index in [0.29, 0.717) is 11.1 Å². The van der Waals surface area contributed by atoms with Crippen molar-refractivity contribution in [1.29, 1.82) is 0 Å². The molecule has 0 spiro atoms. The van der Waals surface area contributed by atoms with Gasteiger partial charge in [-0.05, 0) is 18.2 Å². The molecule has 2 rings (SSSR count). The molecule has 0 saturated carbocycles. The molecule has 2 aromatic rings. The maximum Gasteiger partial charge on any atom is 0.422 e. The topological polar surface area (TPSA) is 65.7 Å². The molecule has 0 amide bonds. The second-order valence-corrected chi connectivity index (χ2v) is 4.04. The lowest BCUT2D eigenvalue weighted by Gasteiger charge is -2.07. The van der Waals surface area contributed by atoms with E-state index in [4.69, 9.17) is 9.15 Å². The number of carbonyl (C=O) groups is 1. The summed E-state index contributed by atoms with van der Waals surface area (Å²) in [4.78, 5) is 23.1. The number of fused-ring (bicyclic) bond motifs is 1. The van der Waals surface area contributed by atoms with Gasteiger partial charge in [-0.25, -0.2) is 9.59 Å². The molecule has 1 aromatic heterocycles. The van der Waals surface area contributed by atoms with Crippen LogP contribution in [0.3, 0.4) is 0 Å². The Labute approximate surface area is 115 Å². The van der Waals surface area contributed by atoms with Crippen LogP contribution in [0.1, 0.15) is 10.4 Å². The van der Waals surface area contributed by atoms with E-state index in [0.717, 1.165) is 6.07 Å².